The summed E-state index contributed by atoms with van der Waals surface area (Å²) >= 11 is 0.528. The monoisotopic (exact) mass is 398 g/mol. The summed E-state index contributed by atoms with van der Waals surface area (Å²) in [6.07, 6.45) is 0. The standard InChI is InChI=1S/C12H29P3.C4H10Ge/c1-10(2,3)13-15(12(7,8)9)14-11(4,5)6;1-3-5-4-2/h13-14H,1-9H3;3-4H2,1-2H3. The van der Waals surface area contributed by atoms with Crippen LogP contribution in [0.2, 0.25) is 10.5 Å². The van der Waals surface area contributed by atoms with Crippen molar-refractivity contribution in [2.24, 2.45) is 0 Å². The molecule has 2 unspecified atom stereocenters. The fourth-order valence-electron chi connectivity index (χ4n) is 1.28. The Bertz CT molecular complexity index is 216. The second-order valence-corrected chi connectivity index (χ2v) is 23.0. The molecule has 0 amide bonds. The zero-order chi connectivity index (χ0) is 16.6. The van der Waals surface area contributed by atoms with Gasteiger partial charge >= 0.3 is 39.8 Å². The quantitative estimate of drug-likeness (QED) is 0.338. The first-order chi connectivity index (χ1) is 8.73. The van der Waals surface area contributed by atoms with Gasteiger partial charge in [0, 0.05) is 0 Å². The van der Waals surface area contributed by atoms with Crippen LogP contribution in [0.15, 0.2) is 0 Å². The van der Waals surface area contributed by atoms with Gasteiger partial charge in [-0.25, -0.2) is 0 Å². The molecule has 2 radical (unpaired) electrons. The van der Waals surface area contributed by atoms with Gasteiger partial charge in [-0.15, -0.1) is 0 Å². The van der Waals surface area contributed by atoms with Crippen LogP contribution in [0.4, 0.5) is 0 Å². The second kappa shape index (κ2) is 10.6. The van der Waals surface area contributed by atoms with Crippen LogP contribution in [-0.4, -0.2) is 30.9 Å². The fourth-order valence-corrected chi connectivity index (χ4v) is 17.1. The van der Waals surface area contributed by atoms with E-state index in [1.807, 2.05) is 0 Å². The van der Waals surface area contributed by atoms with Crippen molar-refractivity contribution >= 4 is 39.3 Å². The van der Waals surface area contributed by atoms with Crippen LogP contribution in [0.1, 0.15) is 76.2 Å². The van der Waals surface area contributed by atoms with E-state index in [0.29, 0.717) is 30.9 Å². The van der Waals surface area contributed by atoms with E-state index < -0.39 is 0 Å². The average molecular weight is 397 g/mol. The van der Waals surface area contributed by atoms with E-state index in [0.717, 1.165) is 16.5 Å². The van der Waals surface area contributed by atoms with Crippen LogP contribution in [0, 0.1) is 0 Å². The van der Waals surface area contributed by atoms with Crippen molar-refractivity contribution in [3.63, 3.8) is 0 Å². The van der Waals surface area contributed by atoms with Gasteiger partial charge in [0.2, 0.25) is 0 Å². The average Bonchev–Trinajstić information content (AvgIpc) is 2.12. The first-order valence-corrected chi connectivity index (χ1v) is 15.8. The van der Waals surface area contributed by atoms with Gasteiger partial charge < -0.3 is 0 Å². The predicted octanol–water partition coefficient (Wildman–Crippen LogP) is 7.62. The number of rotatable bonds is 4. The first kappa shape index (κ1) is 24.1. The summed E-state index contributed by atoms with van der Waals surface area (Å²) in [6.45, 7) is 26.1. The Morgan fingerprint density at radius 1 is 0.700 bits per heavy atom. The summed E-state index contributed by atoms with van der Waals surface area (Å²) in [5, 5.41) is 4.48. The SMILES string of the molecule is CC(C)(C)PP(PC(C)(C)C)C(C)(C)C.C[CH2][Ge][CH2]C. The first-order valence-electron chi connectivity index (χ1n) is 7.79. The van der Waals surface area contributed by atoms with Gasteiger partial charge in [-0.3, -0.25) is 0 Å². The van der Waals surface area contributed by atoms with E-state index in [1.165, 1.54) is 10.5 Å². The molecule has 0 aliphatic carbocycles. The van der Waals surface area contributed by atoms with Gasteiger partial charge in [-0.05, 0) is 15.5 Å². The van der Waals surface area contributed by atoms with Crippen LogP contribution in [-0.2, 0) is 0 Å². The van der Waals surface area contributed by atoms with Crippen molar-refractivity contribution in [3.05, 3.63) is 0 Å². The maximum absolute atomic E-state index is 2.43. The molecule has 0 nitrogen and oxygen atoms in total. The van der Waals surface area contributed by atoms with Crippen molar-refractivity contribution in [2.75, 3.05) is 0 Å². The third-order valence-electron chi connectivity index (χ3n) is 2.07. The Morgan fingerprint density at radius 3 is 1.10 bits per heavy atom. The van der Waals surface area contributed by atoms with Gasteiger partial charge in [-0.1, -0.05) is 86.2 Å². The molecule has 0 heterocycles. The Balaban J connectivity index is 0. The molecule has 0 saturated carbocycles. The van der Waals surface area contributed by atoms with Crippen LogP contribution in [0.3, 0.4) is 0 Å². The Morgan fingerprint density at radius 2 is 1.00 bits per heavy atom. The van der Waals surface area contributed by atoms with Crippen LogP contribution >= 0.6 is 23.8 Å². The van der Waals surface area contributed by atoms with Gasteiger partial charge in [-0.2, -0.15) is 0 Å². The Hall–Kier alpha value is 1.83. The van der Waals surface area contributed by atoms with Gasteiger partial charge in [0.15, 0.2) is 0 Å². The topological polar surface area (TPSA) is 0 Å². The summed E-state index contributed by atoms with van der Waals surface area (Å²) in [4.78, 5) is 0. The molecule has 0 saturated heterocycles. The number of hydrogen-bond donors (Lipinski definition) is 0. The molecule has 0 rings (SSSR count). The maximum atomic E-state index is 2.43. The molecule has 0 aliphatic heterocycles. The van der Waals surface area contributed by atoms with Crippen molar-refractivity contribution in [2.45, 2.75) is 102 Å². The molecule has 2 atom stereocenters. The summed E-state index contributed by atoms with van der Waals surface area (Å²) in [5.74, 6) is 0. The van der Waals surface area contributed by atoms with Crippen molar-refractivity contribution in [1.29, 1.82) is 0 Å². The summed E-state index contributed by atoms with van der Waals surface area (Å²) in [6, 6.07) is 0. The molecule has 0 aromatic rings. The molecule has 4 heteroatoms. The molecule has 0 aromatic carbocycles. The molecular formula is C16H39GeP3. The number of hydrogen-bond acceptors (Lipinski definition) is 0. The fraction of sp³-hybridized carbons (Fsp3) is 1.00. The normalized spacial score (nSPS) is 15.8. The van der Waals surface area contributed by atoms with E-state index in [4.69, 9.17) is 0 Å². The molecular weight excluding hydrogens is 358 g/mol. The molecule has 0 aliphatic rings. The van der Waals surface area contributed by atoms with Gasteiger partial charge in [0.05, 0.1) is 0 Å². The van der Waals surface area contributed by atoms with Crippen LogP contribution in [0.25, 0.3) is 0 Å². The van der Waals surface area contributed by atoms with Crippen molar-refractivity contribution in [1.82, 2.24) is 0 Å². The minimum absolute atomic E-state index is 0.178. The van der Waals surface area contributed by atoms with Crippen molar-refractivity contribution < 1.29 is 0 Å². The van der Waals surface area contributed by atoms with E-state index in [9.17, 15) is 0 Å². The van der Waals surface area contributed by atoms with Gasteiger partial charge in [0.1, 0.15) is 0 Å². The van der Waals surface area contributed by atoms with E-state index in [1.54, 1.807) is 0 Å². The van der Waals surface area contributed by atoms with Crippen molar-refractivity contribution in [3.8, 4) is 0 Å². The third kappa shape index (κ3) is 17.9. The molecule has 0 N–H and O–H groups in total. The Kier molecular flexibility index (Phi) is 12.7. The van der Waals surface area contributed by atoms with E-state index in [-0.39, 0.29) is 7.30 Å². The predicted molar refractivity (Wildman–Crippen MR) is 110 cm³/mol. The zero-order valence-electron chi connectivity index (χ0n) is 15.9. The van der Waals surface area contributed by atoms with E-state index >= 15 is 0 Å². The van der Waals surface area contributed by atoms with Crippen LogP contribution < -0.4 is 0 Å². The summed E-state index contributed by atoms with van der Waals surface area (Å²) in [7, 11) is 2.45. The third-order valence-corrected chi connectivity index (χ3v) is 18.7. The molecule has 122 valence electrons. The molecule has 0 bridgehead atoms. The zero-order valence-corrected chi connectivity index (χ0v) is 20.9. The van der Waals surface area contributed by atoms with E-state index in [2.05, 4.69) is 76.2 Å². The second-order valence-electron chi connectivity index (χ2n) is 8.19. The summed E-state index contributed by atoms with van der Waals surface area (Å²) in [5.41, 5.74) is 0. The molecule has 0 spiro atoms. The molecule has 0 fully saturated rings. The van der Waals surface area contributed by atoms with Gasteiger partial charge in [0.25, 0.3) is 0 Å². The van der Waals surface area contributed by atoms with Crippen LogP contribution in [0.5, 0.6) is 0 Å². The minimum atomic E-state index is 0.178. The molecule has 0 aromatic heterocycles. The Labute approximate surface area is 141 Å². The summed E-state index contributed by atoms with van der Waals surface area (Å²) < 4.78 is 0. The molecule has 20 heavy (non-hydrogen) atoms.